The average molecular weight is 431 g/mol. The third kappa shape index (κ3) is 8.58. The highest BCUT2D eigenvalue weighted by molar-refractivity contribution is 5.79. The Hall–Kier alpha value is -2.33. The van der Waals surface area contributed by atoms with Crippen molar-refractivity contribution in [2.75, 3.05) is 39.9 Å². The van der Waals surface area contributed by atoms with E-state index in [2.05, 4.69) is 15.4 Å². The summed E-state index contributed by atoms with van der Waals surface area (Å²) in [5.41, 5.74) is 0.243. The quantitative estimate of drug-likeness (QED) is 0.555. The van der Waals surface area contributed by atoms with E-state index in [1.54, 1.807) is 13.2 Å². The summed E-state index contributed by atoms with van der Waals surface area (Å²) < 4.78 is 46.3. The van der Waals surface area contributed by atoms with Crippen molar-refractivity contribution in [1.29, 1.82) is 0 Å². The van der Waals surface area contributed by atoms with E-state index in [4.69, 9.17) is 4.74 Å². The molecule has 1 saturated heterocycles. The van der Waals surface area contributed by atoms with Crippen LogP contribution in [0.1, 0.15) is 24.8 Å². The molecule has 1 aliphatic rings. The van der Waals surface area contributed by atoms with Gasteiger partial charge in [-0.15, -0.1) is 13.2 Å². The minimum atomic E-state index is -4.79. The van der Waals surface area contributed by atoms with Crippen molar-refractivity contribution in [2.24, 2.45) is 5.92 Å². The standard InChI is InChI=1S/C20H28F3N3O4/c1-29-12-4-9-24-19(28)15-7-10-26(11-8-15)14-18(27)25-13-16-5-2-3-6-17(16)30-20(21,22)23/h2-3,5-6,15H,4,7-14H2,1H3,(H,24,28)(H,25,27). The predicted octanol–water partition coefficient (Wildman–Crippen LogP) is 2.07. The molecular formula is C20H28F3N3O4. The van der Waals surface area contributed by atoms with Crippen LogP contribution in [0.4, 0.5) is 13.2 Å². The van der Waals surface area contributed by atoms with Gasteiger partial charge < -0.3 is 20.1 Å². The van der Waals surface area contributed by atoms with Gasteiger partial charge in [0.15, 0.2) is 0 Å². The zero-order chi connectivity index (χ0) is 22.0. The van der Waals surface area contributed by atoms with Crippen LogP contribution in [-0.4, -0.2) is 63.0 Å². The van der Waals surface area contributed by atoms with Gasteiger partial charge in [0.1, 0.15) is 5.75 Å². The lowest BCUT2D eigenvalue weighted by atomic mass is 9.96. The first-order valence-corrected chi connectivity index (χ1v) is 9.88. The molecule has 2 N–H and O–H groups in total. The van der Waals surface area contributed by atoms with Crippen LogP contribution in [0.2, 0.25) is 0 Å². The SMILES string of the molecule is COCCCNC(=O)C1CCN(CC(=O)NCc2ccccc2OC(F)(F)F)CC1. The Balaban J connectivity index is 1.71. The predicted molar refractivity (Wildman–Crippen MR) is 104 cm³/mol. The van der Waals surface area contributed by atoms with E-state index in [0.717, 1.165) is 6.42 Å². The van der Waals surface area contributed by atoms with Crippen molar-refractivity contribution in [3.63, 3.8) is 0 Å². The molecule has 1 fully saturated rings. The van der Waals surface area contributed by atoms with Gasteiger partial charge in [0.2, 0.25) is 11.8 Å². The summed E-state index contributed by atoms with van der Waals surface area (Å²) in [6.07, 6.45) is -2.71. The molecule has 0 radical (unpaired) electrons. The van der Waals surface area contributed by atoms with Crippen molar-refractivity contribution in [3.8, 4) is 5.75 Å². The maximum absolute atomic E-state index is 12.5. The summed E-state index contributed by atoms with van der Waals surface area (Å²) in [6, 6.07) is 5.69. The van der Waals surface area contributed by atoms with Gasteiger partial charge in [-0.05, 0) is 38.4 Å². The van der Waals surface area contributed by atoms with E-state index in [9.17, 15) is 22.8 Å². The molecule has 10 heteroatoms. The highest BCUT2D eigenvalue weighted by Crippen LogP contribution is 2.26. The fourth-order valence-corrected chi connectivity index (χ4v) is 3.25. The number of halogens is 3. The number of amides is 2. The van der Waals surface area contributed by atoms with Gasteiger partial charge in [-0.3, -0.25) is 14.5 Å². The van der Waals surface area contributed by atoms with E-state index in [0.29, 0.717) is 39.1 Å². The molecular weight excluding hydrogens is 403 g/mol. The third-order valence-electron chi connectivity index (χ3n) is 4.82. The summed E-state index contributed by atoms with van der Waals surface area (Å²) in [6.45, 7) is 2.46. The molecule has 0 bridgehead atoms. The number of rotatable bonds is 10. The van der Waals surface area contributed by atoms with Crippen LogP contribution in [0.15, 0.2) is 24.3 Å². The Bertz CT molecular complexity index is 692. The summed E-state index contributed by atoms with van der Waals surface area (Å²) in [7, 11) is 1.61. The highest BCUT2D eigenvalue weighted by atomic mass is 19.4. The molecule has 0 aromatic heterocycles. The van der Waals surface area contributed by atoms with Gasteiger partial charge in [0.05, 0.1) is 6.54 Å². The lowest BCUT2D eigenvalue weighted by Gasteiger charge is -2.30. The molecule has 168 valence electrons. The van der Waals surface area contributed by atoms with E-state index < -0.39 is 6.36 Å². The number of para-hydroxylation sites is 1. The second kappa shape index (κ2) is 11.8. The first-order valence-electron chi connectivity index (χ1n) is 9.88. The number of carbonyl (C=O) groups is 2. The van der Waals surface area contributed by atoms with Crippen LogP contribution in [0.5, 0.6) is 5.75 Å². The molecule has 0 unspecified atom stereocenters. The molecule has 1 aliphatic heterocycles. The molecule has 0 aliphatic carbocycles. The van der Waals surface area contributed by atoms with Crippen molar-refractivity contribution < 1.29 is 32.2 Å². The zero-order valence-corrected chi connectivity index (χ0v) is 17.0. The van der Waals surface area contributed by atoms with Crippen molar-refractivity contribution in [3.05, 3.63) is 29.8 Å². The topological polar surface area (TPSA) is 79.9 Å². The minimum Gasteiger partial charge on any atom is -0.405 e. The summed E-state index contributed by atoms with van der Waals surface area (Å²) >= 11 is 0. The largest absolute Gasteiger partial charge is 0.573 e. The van der Waals surface area contributed by atoms with Crippen LogP contribution in [-0.2, 0) is 20.9 Å². The molecule has 0 saturated carbocycles. The monoisotopic (exact) mass is 431 g/mol. The second-order valence-corrected chi connectivity index (χ2v) is 7.12. The number of nitrogens with one attached hydrogen (secondary N) is 2. The van der Waals surface area contributed by atoms with Crippen LogP contribution in [0, 0.1) is 5.92 Å². The van der Waals surface area contributed by atoms with Gasteiger partial charge >= 0.3 is 6.36 Å². The Labute approximate surface area is 173 Å². The number of benzene rings is 1. The van der Waals surface area contributed by atoms with Crippen LogP contribution < -0.4 is 15.4 Å². The summed E-state index contributed by atoms with van der Waals surface area (Å²) in [5, 5.41) is 5.52. The van der Waals surface area contributed by atoms with Crippen molar-refractivity contribution >= 4 is 11.8 Å². The number of likely N-dealkylation sites (tertiary alicyclic amines) is 1. The number of piperidine rings is 1. The summed E-state index contributed by atoms with van der Waals surface area (Å²) in [5.74, 6) is -0.670. The fourth-order valence-electron chi connectivity index (χ4n) is 3.25. The number of nitrogens with zero attached hydrogens (tertiary/aromatic N) is 1. The molecule has 7 nitrogen and oxygen atoms in total. The highest BCUT2D eigenvalue weighted by Gasteiger charge is 2.32. The number of hydrogen-bond acceptors (Lipinski definition) is 5. The van der Waals surface area contributed by atoms with Crippen molar-refractivity contribution in [1.82, 2.24) is 15.5 Å². The van der Waals surface area contributed by atoms with E-state index in [1.807, 2.05) is 4.90 Å². The molecule has 2 amide bonds. The number of methoxy groups -OCH3 is 1. The first-order chi connectivity index (χ1) is 14.3. The van der Waals surface area contributed by atoms with Crippen LogP contribution in [0.3, 0.4) is 0 Å². The van der Waals surface area contributed by atoms with Crippen LogP contribution in [0.25, 0.3) is 0 Å². The smallest absolute Gasteiger partial charge is 0.405 e. The Morgan fingerprint density at radius 1 is 1.17 bits per heavy atom. The molecule has 1 aromatic rings. The van der Waals surface area contributed by atoms with Gasteiger partial charge in [-0.25, -0.2) is 0 Å². The molecule has 0 spiro atoms. The maximum atomic E-state index is 12.5. The van der Waals surface area contributed by atoms with Gasteiger partial charge in [-0.2, -0.15) is 0 Å². The number of ether oxygens (including phenoxy) is 2. The molecule has 1 aromatic carbocycles. The zero-order valence-electron chi connectivity index (χ0n) is 17.0. The normalized spacial score (nSPS) is 15.6. The Morgan fingerprint density at radius 3 is 2.53 bits per heavy atom. The first kappa shape index (κ1) is 23.9. The third-order valence-corrected chi connectivity index (χ3v) is 4.82. The van der Waals surface area contributed by atoms with E-state index >= 15 is 0 Å². The van der Waals surface area contributed by atoms with Gasteiger partial charge in [0.25, 0.3) is 0 Å². The number of alkyl halides is 3. The minimum absolute atomic E-state index is 0.0245. The van der Waals surface area contributed by atoms with Crippen molar-refractivity contribution in [2.45, 2.75) is 32.2 Å². The van der Waals surface area contributed by atoms with Crippen LogP contribution >= 0.6 is 0 Å². The maximum Gasteiger partial charge on any atom is 0.573 e. The number of hydrogen-bond donors (Lipinski definition) is 2. The van der Waals surface area contributed by atoms with E-state index in [-0.39, 0.29) is 42.1 Å². The Morgan fingerprint density at radius 2 is 1.87 bits per heavy atom. The van der Waals surface area contributed by atoms with Gasteiger partial charge in [0, 0.05) is 38.3 Å². The lowest BCUT2D eigenvalue weighted by Crippen LogP contribution is -2.44. The molecule has 1 heterocycles. The fraction of sp³-hybridized carbons (Fsp3) is 0.600. The molecule has 0 atom stereocenters. The van der Waals surface area contributed by atoms with E-state index in [1.165, 1.54) is 18.2 Å². The molecule has 2 rings (SSSR count). The Kier molecular flexibility index (Phi) is 9.38. The second-order valence-electron chi connectivity index (χ2n) is 7.12. The molecule has 30 heavy (non-hydrogen) atoms. The average Bonchev–Trinajstić information content (AvgIpc) is 2.70. The van der Waals surface area contributed by atoms with Gasteiger partial charge in [-0.1, -0.05) is 18.2 Å². The number of carbonyl (C=O) groups excluding carboxylic acids is 2. The lowest BCUT2D eigenvalue weighted by molar-refractivity contribution is -0.274. The summed E-state index contributed by atoms with van der Waals surface area (Å²) in [4.78, 5) is 26.3.